The summed E-state index contributed by atoms with van der Waals surface area (Å²) < 4.78 is 0. The van der Waals surface area contributed by atoms with Gasteiger partial charge in [-0.3, -0.25) is 0 Å². The predicted octanol–water partition coefficient (Wildman–Crippen LogP) is 5.22. The second kappa shape index (κ2) is 10.7. The fraction of sp³-hybridized carbons (Fsp3) is 0.154. The van der Waals surface area contributed by atoms with E-state index in [0.717, 1.165) is 12.8 Å². The highest BCUT2D eigenvalue weighted by molar-refractivity contribution is 5.54. The summed E-state index contributed by atoms with van der Waals surface area (Å²) in [5.41, 5.74) is 2.67. The van der Waals surface area contributed by atoms with Crippen LogP contribution in [0.4, 0.5) is 0 Å². The predicted molar refractivity (Wildman–Crippen MR) is 116 cm³/mol. The van der Waals surface area contributed by atoms with E-state index >= 15 is 0 Å². The molecule has 1 aliphatic carbocycles. The van der Waals surface area contributed by atoms with E-state index in [0.29, 0.717) is 5.92 Å². The highest BCUT2D eigenvalue weighted by Gasteiger charge is 2.09. The van der Waals surface area contributed by atoms with E-state index in [2.05, 4.69) is 104 Å². The molecular weight excluding hydrogens is 312 g/mol. The molecule has 0 bridgehead atoms. The van der Waals surface area contributed by atoms with Gasteiger partial charge in [-0.15, -0.1) is 12.8 Å². The third-order valence-electron chi connectivity index (χ3n) is 4.33. The first-order valence-electron chi connectivity index (χ1n) is 9.01. The molecule has 130 valence electrons. The van der Waals surface area contributed by atoms with Gasteiger partial charge in [0.25, 0.3) is 0 Å². The van der Waals surface area contributed by atoms with Gasteiger partial charge in [0.1, 0.15) is 0 Å². The van der Waals surface area contributed by atoms with Crippen molar-refractivity contribution in [2.75, 3.05) is 0 Å². The summed E-state index contributed by atoms with van der Waals surface area (Å²) in [6.45, 7) is 2.03. The van der Waals surface area contributed by atoms with Gasteiger partial charge in [0.15, 0.2) is 0 Å². The second-order valence-corrected chi connectivity index (χ2v) is 6.10. The molecule has 2 aromatic rings. The zero-order valence-electron chi connectivity index (χ0n) is 15.4. The van der Waals surface area contributed by atoms with Gasteiger partial charge in [0.05, 0.1) is 0 Å². The Balaban J connectivity index is 0.00000117. The van der Waals surface area contributed by atoms with E-state index in [1.54, 1.807) is 0 Å². The maximum absolute atomic E-state index is 4.00. The van der Waals surface area contributed by atoms with Gasteiger partial charge in [0, 0.05) is 5.92 Å². The van der Waals surface area contributed by atoms with Crippen LogP contribution in [-0.2, 0) is 0 Å². The van der Waals surface area contributed by atoms with E-state index in [9.17, 15) is 0 Å². The highest BCUT2D eigenvalue weighted by atomic mass is 14.1. The summed E-state index contributed by atoms with van der Waals surface area (Å²) in [5, 5.41) is 2.70. The zero-order valence-corrected chi connectivity index (χ0v) is 15.4. The summed E-state index contributed by atoms with van der Waals surface area (Å²) in [4.78, 5) is 0. The molecule has 0 aromatic heterocycles. The van der Waals surface area contributed by atoms with E-state index < -0.39 is 0 Å². The van der Waals surface area contributed by atoms with Crippen LogP contribution in [0, 0.1) is 12.8 Å². The van der Waals surface area contributed by atoms with Crippen molar-refractivity contribution in [2.24, 2.45) is 0 Å². The lowest BCUT2D eigenvalue weighted by atomic mass is 9.90. The molecule has 1 unspecified atom stereocenters. The Labute approximate surface area is 157 Å². The Kier molecular flexibility index (Phi) is 7.97. The maximum Gasteiger partial charge on any atom is 0.00620 e. The smallest absolute Gasteiger partial charge is 0.00620 e. The van der Waals surface area contributed by atoms with Gasteiger partial charge in [-0.2, -0.15) is 0 Å². The van der Waals surface area contributed by atoms with Crippen LogP contribution in [0.5, 0.6) is 0 Å². The number of hydrogen-bond acceptors (Lipinski definition) is 0. The van der Waals surface area contributed by atoms with E-state index in [1.165, 1.54) is 21.6 Å². The first-order valence-corrected chi connectivity index (χ1v) is 9.01. The fourth-order valence-corrected chi connectivity index (χ4v) is 3.05. The molecule has 1 aliphatic rings. The number of rotatable bonds is 5. The molecule has 0 radical (unpaired) electrons. The molecule has 26 heavy (non-hydrogen) atoms. The Hall–Kier alpha value is -3.04. The largest absolute Gasteiger partial charge is 0.124 e. The first-order chi connectivity index (χ1) is 12.9. The Morgan fingerprint density at radius 2 is 1.77 bits per heavy atom. The van der Waals surface area contributed by atoms with E-state index in [1.807, 2.05) is 13.0 Å². The zero-order chi connectivity index (χ0) is 18.6. The minimum Gasteiger partial charge on any atom is -0.124 e. The number of benzene rings is 2. The Morgan fingerprint density at radius 1 is 0.962 bits per heavy atom. The fourth-order valence-electron chi connectivity index (χ4n) is 3.05. The standard InChI is InChI=1S/C24H24.C2H2/c1-2-3-4-5-6-8-11-20-14-15-24-19-23(17-16-22(24)18-20)21-12-9-7-10-13-21;1-2/h2-5,7-16,18-19,23H,6,17H2,1H3;1-2H/b3-2-,5-4-,11-8+;. The molecule has 0 heteroatoms. The van der Waals surface area contributed by atoms with Crippen LogP contribution in [0.25, 0.3) is 18.2 Å². The molecule has 0 fully saturated rings. The maximum atomic E-state index is 4.00. The third kappa shape index (κ3) is 5.50. The lowest BCUT2D eigenvalue weighted by Crippen LogP contribution is -2.28. The van der Waals surface area contributed by atoms with Crippen molar-refractivity contribution < 1.29 is 0 Å². The van der Waals surface area contributed by atoms with Crippen molar-refractivity contribution in [3.05, 3.63) is 100 Å². The van der Waals surface area contributed by atoms with Gasteiger partial charge in [-0.05, 0) is 47.4 Å². The molecule has 3 rings (SSSR count). The molecule has 0 saturated carbocycles. The summed E-state index contributed by atoms with van der Waals surface area (Å²) in [6.07, 6.45) is 27.6. The van der Waals surface area contributed by atoms with Crippen molar-refractivity contribution in [3.63, 3.8) is 0 Å². The second-order valence-electron chi connectivity index (χ2n) is 6.10. The number of fused-ring (bicyclic) bond motifs is 1. The topological polar surface area (TPSA) is 0 Å². The van der Waals surface area contributed by atoms with Crippen molar-refractivity contribution in [2.45, 2.75) is 25.7 Å². The minimum absolute atomic E-state index is 0.497. The SMILES string of the molecule is C#C.C/C=C\C=C/C/C=C/c1ccc2c(c1)=CCC(c1ccccc1)C=2. The number of allylic oxidation sites excluding steroid dienone is 5. The van der Waals surface area contributed by atoms with Crippen LogP contribution in [-0.4, -0.2) is 0 Å². The summed E-state index contributed by atoms with van der Waals surface area (Å²) in [6, 6.07) is 17.5. The van der Waals surface area contributed by atoms with Crippen LogP contribution in [0.15, 0.2) is 78.9 Å². The molecule has 0 saturated heterocycles. The van der Waals surface area contributed by atoms with Crippen LogP contribution in [0.2, 0.25) is 0 Å². The Morgan fingerprint density at radius 3 is 2.54 bits per heavy atom. The average molecular weight is 338 g/mol. The lowest BCUT2D eigenvalue weighted by molar-refractivity contribution is 0.921. The quantitative estimate of drug-likeness (QED) is 0.518. The molecule has 0 spiro atoms. The molecule has 0 heterocycles. The molecule has 2 aromatic carbocycles. The normalized spacial score (nSPS) is 15.9. The van der Waals surface area contributed by atoms with Crippen LogP contribution in [0.1, 0.15) is 36.8 Å². The molecule has 1 atom stereocenters. The number of hydrogen-bond donors (Lipinski definition) is 0. The average Bonchev–Trinajstić information content (AvgIpc) is 2.72. The van der Waals surface area contributed by atoms with Crippen LogP contribution < -0.4 is 10.4 Å². The minimum atomic E-state index is 0.497. The van der Waals surface area contributed by atoms with Gasteiger partial charge >= 0.3 is 0 Å². The van der Waals surface area contributed by atoms with Crippen molar-refractivity contribution in [1.29, 1.82) is 0 Å². The molecule has 0 aliphatic heterocycles. The molecule has 0 amide bonds. The van der Waals surface area contributed by atoms with E-state index in [-0.39, 0.29) is 0 Å². The Bertz CT molecular complexity index is 906. The first kappa shape index (κ1) is 19.3. The summed E-state index contributed by atoms with van der Waals surface area (Å²) in [7, 11) is 0. The van der Waals surface area contributed by atoms with Crippen molar-refractivity contribution in [1.82, 2.24) is 0 Å². The van der Waals surface area contributed by atoms with E-state index in [4.69, 9.17) is 0 Å². The lowest BCUT2D eigenvalue weighted by Gasteiger charge is -2.14. The highest BCUT2D eigenvalue weighted by Crippen LogP contribution is 2.22. The third-order valence-corrected chi connectivity index (χ3v) is 4.33. The van der Waals surface area contributed by atoms with Crippen LogP contribution >= 0.6 is 0 Å². The van der Waals surface area contributed by atoms with Gasteiger partial charge < -0.3 is 0 Å². The molecule has 0 N–H and O–H groups in total. The van der Waals surface area contributed by atoms with Crippen LogP contribution in [0.3, 0.4) is 0 Å². The van der Waals surface area contributed by atoms with Crippen molar-refractivity contribution in [3.8, 4) is 12.8 Å². The molecular formula is C26H26. The van der Waals surface area contributed by atoms with Gasteiger partial charge in [-0.1, -0.05) is 91.1 Å². The molecule has 0 nitrogen and oxygen atoms in total. The number of terminal acetylenes is 1. The van der Waals surface area contributed by atoms with Crippen molar-refractivity contribution >= 4 is 18.2 Å². The monoisotopic (exact) mass is 338 g/mol. The summed E-state index contributed by atoms with van der Waals surface area (Å²) >= 11 is 0. The van der Waals surface area contributed by atoms with Gasteiger partial charge in [0.2, 0.25) is 0 Å². The van der Waals surface area contributed by atoms with Gasteiger partial charge in [-0.25, -0.2) is 0 Å². The summed E-state index contributed by atoms with van der Waals surface area (Å²) in [5.74, 6) is 0.497.